The molecule has 0 radical (unpaired) electrons. The number of aliphatic hydroxyl groups is 7. The second kappa shape index (κ2) is 47.3. The minimum absolute atomic E-state index is 0.252. The summed E-state index contributed by atoms with van der Waals surface area (Å²) in [6.07, 6.45) is 46.4. The lowest BCUT2D eigenvalue weighted by molar-refractivity contribution is -0.303. The molecule has 0 aromatic heterocycles. The van der Waals surface area contributed by atoms with Crippen molar-refractivity contribution in [2.24, 2.45) is 0 Å². The van der Waals surface area contributed by atoms with Gasteiger partial charge in [0.05, 0.1) is 25.4 Å². The first-order valence-corrected chi connectivity index (χ1v) is 28.9. The lowest BCUT2D eigenvalue weighted by Crippen LogP contribution is -2.60. The number of allylic oxidation sites excluding steroid dienone is 6. The summed E-state index contributed by atoms with van der Waals surface area (Å²) < 4.78 is 11.1. The van der Waals surface area contributed by atoms with Crippen LogP contribution in [0.5, 0.6) is 0 Å². The zero-order chi connectivity index (χ0) is 50.4. The molecule has 1 amide bonds. The summed E-state index contributed by atoms with van der Waals surface area (Å²) >= 11 is 0. The van der Waals surface area contributed by atoms with Gasteiger partial charge in [0.1, 0.15) is 36.6 Å². The van der Waals surface area contributed by atoms with Crippen molar-refractivity contribution < 1.29 is 50.0 Å². The molecule has 1 heterocycles. The molecule has 0 aromatic rings. The van der Waals surface area contributed by atoms with E-state index in [9.17, 15) is 40.5 Å². The molecule has 9 unspecified atom stereocenters. The minimum atomic E-state index is -1.67. The van der Waals surface area contributed by atoms with Crippen molar-refractivity contribution >= 4 is 5.91 Å². The molecule has 1 fully saturated rings. The third-order valence-electron chi connectivity index (χ3n) is 13.9. The average Bonchev–Trinajstić information content (AvgIpc) is 3.35. The van der Waals surface area contributed by atoms with Crippen molar-refractivity contribution in [1.29, 1.82) is 0 Å². The van der Waals surface area contributed by atoms with E-state index in [1.165, 1.54) is 173 Å². The van der Waals surface area contributed by atoms with Gasteiger partial charge in [0, 0.05) is 0 Å². The third kappa shape index (κ3) is 36.0. The first-order valence-electron chi connectivity index (χ1n) is 28.9. The van der Waals surface area contributed by atoms with E-state index in [4.69, 9.17) is 9.47 Å². The molecule has 1 rings (SSSR count). The Bertz CT molecular complexity index is 1210. The van der Waals surface area contributed by atoms with E-state index in [0.29, 0.717) is 12.8 Å². The van der Waals surface area contributed by atoms with Crippen LogP contribution in [0.3, 0.4) is 0 Å². The fraction of sp³-hybridized carbons (Fsp3) is 0.879. The van der Waals surface area contributed by atoms with Crippen molar-refractivity contribution in [3.05, 3.63) is 36.5 Å². The Hall–Kier alpha value is -1.67. The normalized spacial score (nSPS) is 20.6. The van der Waals surface area contributed by atoms with Crippen molar-refractivity contribution in [2.75, 3.05) is 13.2 Å². The van der Waals surface area contributed by atoms with Crippen LogP contribution in [0.4, 0.5) is 0 Å². The van der Waals surface area contributed by atoms with Crippen LogP contribution in [0.2, 0.25) is 0 Å². The molecule has 9 atom stereocenters. The number of carbonyl (C=O) groups excluding carboxylic acids is 1. The van der Waals surface area contributed by atoms with Gasteiger partial charge in [-0.05, 0) is 70.6 Å². The molecule has 11 nitrogen and oxygen atoms in total. The highest BCUT2D eigenvalue weighted by atomic mass is 16.7. The summed E-state index contributed by atoms with van der Waals surface area (Å²) in [4.78, 5) is 13.2. The zero-order valence-electron chi connectivity index (χ0n) is 44.3. The lowest BCUT2D eigenvalue weighted by atomic mass is 9.98. The number of ether oxygens (including phenoxy) is 2. The van der Waals surface area contributed by atoms with Crippen LogP contribution in [0, 0.1) is 0 Å². The van der Waals surface area contributed by atoms with Gasteiger partial charge in [0.15, 0.2) is 6.29 Å². The van der Waals surface area contributed by atoms with Crippen LogP contribution in [-0.4, -0.2) is 110 Å². The smallest absolute Gasteiger partial charge is 0.249 e. The van der Waals surface area contributed by atoms with E-state index >= 15 is 0 Å². The van der Waals surface area contributed by atoms with E-state index in [0.717, 1.165) is 44.9 Å². The Labute approximate surface area is 422 Å². The Morgan fingerprint density at radius 1 is 0.507 bits per heavy atom. The van der Waals surface area contributed by atoms with Crippen molar-refractivity contribution in [1.82, 2.24) is 5.32 Å². The Balaban J connectivity index is 2.27. The van der Waals surface area contributed by atoms with Gasteiger partial charge >= 0.3 is 0 Å². The number of carbonyl (C=O) groups is 1. The summed E-state index contributed by atoms with van der Waals surface area (Å²) in [5.74, 6) is -0.706. The Morgan fingerprint density at radius 3 is 1.33 bits per heavy atom. The largest absolute Gasteiger partial charge is 0.394 e. The molecule has 406 valence electrons. The van der Waals surface area contributed by atoms with Gasteiger partial charge < -0.3 is 50.5 Å². The molecule has 11 heteroatoms. The molecule has 0 aliphatic carbocycles. The van der Waals surface area contributed by atoms with E-state index in [1.54, 1.807) is 0 Å². The maximum atomic E-state index is 13.2. The quantitative estimate of drug-likeness (QED) is 0.0215. The molecule has 0 aromatic carbocycles. The number of nitrogens with one attached hydrogen (secondary N) is 1. The van der Waals surface area contributed by atoms with Crippen LogP contribution in [-0.2, 0) is 14.3 Å². The van der Waals surface area contributed by atoms with Gasteiger partial charge in [-0.15, -0.1) is 0 Å². The van der Waals surface area contributed by atoms with Crippen LogP contribution in [0.1, 0.15) is 258 Å². The monoisotopic (exact) mass is 980 g/mol. The maximum Gasteiger partial charge on any atom is 0.249 e. The van der Waals surface area contributed by atoms with Crippen LogP contribution < -0.4 is 5.32 Å². The average molecular weight is 981 g/mol. The van der Waals surface area contributed by atoms with Crippen LogP contribution in [0.25, 0.3) is 0 Å². The van der Waals surface area contributed by atoms with Gasteiger partial charge in [0.2, 0.25) is 5.91 Å². The standard InChI is InChI=1S/C58H109NO10/c1-3-5-7-9-11-13-15-17-19-20-21-22-23-24-25-26-27-28-29-30-31-32-34-36-38-40-42-44-46-51(62)57(67)59-49(48-68-58-56(66)55(65)54(64)52(47-60)69-58)53(63)50(61)45-43-41-39-37-35-33-18-16-14-12-10-8-6-4-2/h21-22,24-25,37,39,49-56,58,60-66H,3-20,23,26-36,38,40-48H2,1-2H3,(H,59,67)/b22-21-,25-24-,39-37+. The highest BCUT2D eigenvalue weighted by Gasteiger charge is 2.44. The van der Waals surface area contributed by atoms with Gasteiger partial charge in [-0.2, -0.15) is 0 Å². The second-order valence-corrected chi connectivity index (χ2v) is 20.4. The minimum Gasteiger partial charge on any atom is -0.394 e. The van der Waals surface area contributed by atoms with E-state index < -0.39 is 74.2 Å². The Morgan fingerprint density at radius 2 is 0.899 bits per heavy atom. The molecule has 0 bridgehead atoms. The fourth-order valence-electron chi connectivity index (χ4n) is 9.18. The molecular weight excluding hydrogens is 871 g/mol. The molecule has 1 aliphatic rings. The Kier molecular flexibility index (Phi) is 44.8. The molecule has 8 N–H and O–H groups in total. The van der Waals surface area contributed by atoms with E-state index in [1.807, 2.05) is 0 Å². The van der Waals surface area contributed by atoms with Crippen molar-refractivity contribution in [2.45, 2.75) is 313 Å². The van der Waals surface area contributed by atoms with Crippen LogP contribution in [0.15, 0.2) is 36.5 Å². The summed E-state index contributed by atoms with van der Waals surface area (Å²) in [6.45, 7) is 3.44. The van der Waals surface area contributed by atoms with E-state index in [-0.39, 0.29) is 12.8 Å². The first kappa shape index (κ1) is 65.3. The zero-order valence-corrected chi connectivity index (χ0v) is 44.3. The van der Waals surface area contributed by atoms with Crippen molar-refractivity contribution in [3.8, 4) is 0 Å². The lowest BCUT2D eigenvalue weighted by Gasteiger charge is -2.40. The molecule has 0 spiro atoms. The van der Waals surface area contributed by atoms with Gasteiger partial charge in [-0.3, -0.25) is 4.79 Å². The summed E-state index contributed by atoms with van der Waals surface area (Å²) in [5, 5.41) is 76.0. The number of amides is 1. The number of unbranched alkanes of at least 4 members (excludes halogenated alkanes) is 31. The number of hydrogen-bond acceptors (Lipinski definition) is 10. The summed E-state index contributed by atoms with van der Waals surface area (Å²) in [7, 11) is 0. The third-order valence-corrected chi connectivity index (χ3v) is 13.9. The first-order chi connectivity index (χ1) is 33.7. The molecule has 1 aliphatic heterocycles. The van der Waals surface area contributed by atoms with Gasteiger partial charge in [-0.1, -0.05) is 224 Å². The molecule has 1 saturated heterocycles. The van der Waals surface area contributed by atoms with Gasteiger partial charge in [0.25, 0.3) is 0 Å². The molecular formula is C58H109NO10. The molecule has 0 saturated carbocycles. The van der Waals surface area contributed by atoms with Gasteiger partial charge in [-0.25, -0.2) is 0 Å². The SMILES string of the molecule is CCCCCCCCCCC/C=C\C/C=C\CCCCCCCCCCCCCCC(O)C(=O)NC(COC1OC(CO)C(O)C(O)C1O)C(O)C(O)CCC/C=C/CCCCCCCCCCC. The fourth-order valence-corrected chi connectivity index (χ4v) is 9.18. The number of hydrogen-bond donors (Lipinski definition) is 8. The second-order valence-electron chi connectivity index (χ2n) is 20.4. The number of rotatable bonds is 49. The highest BCUT2D eigenvalue weighted by Crippen LogP contribution is 2.23. The summed E-state index contributed by atoms with van der Waals surface area (Å²) in [5.41, 5.74) is 0. The predicted molar refractivity (Wildman–Crippen MR) is 284 cm³/mol. The van der Waals surface area contributed by atoms with E-state index in [2.05, 4.69) is 55.6 Å². The topological polar surface area (TPSA) is 189 Å². The van der Waals surface area contributed by atoms with Crippen molar-refractivity contribution in [3.63, 3.8) is 0 Å². The number of aliphatic hydroxyl groups excluding tert-OH is 7. The molecule has 69 heavy (non-hydrogen) atoms. The summed E-state index contributed by atoms with van der Waals surface area (Å²) in [6, 6.07) is -1.18. The maximum absolute atomic E-state index is 13.2. The highest BCUT2D eigenvalue weighted by molar-refractivity contribution is 5.80. The van der Waals surface area contributed by atoms with Crippen LogP contribution >= 0.6 is 0 Å². The predicted octanol–water partition coefficient (Wildman–Crippen LogP) is 11.9.